The topological polar surface area (TPSA) is 122 Å². The molecule has 1 aromatic rings. The molecule has 1 saturated carbocycles. The number of rotatable bonds is 5. The predicted octanol–water partition coefficient (Wildman–Crippen LogP) is 1.37. The fourth-order valence-electron chi connectivity index (χ4n) is 3.55. The minimum atomic E-state index is -1.20. The lowest BCUT2D eigenvalue weighted by Crippen LogP contribution is -2.47. The summed E-state index contributed by atoms with van der Waals surface area (Å²) < 4.78 is 4.89. The van der Waals surface area contributed by atoms with E-state index in [4.69, 9.17) is 4.74 Å². The Balaban J connectivity index is 1.47. The fourth-order valence-corrected chi connectivity index (χ4v) is 3.55. The highest BCUT2D eigenvalue weighted by atomic mass is 16.5. The molecule has 0 saturated heterocycles. The van der Waals surface area contributed by atoms with E-state index >= 15 is 0 Å². The van der Waals surface area contributed by atoms with Crippen molar-refractivity contribution >= 4 is 29.7 Å². The summed E-state index contributed by atoms with van der Waals surface area (Å²) in [5.74, 6) is -2.89. The van der Waals surface area contributed by atoms with Crippen LogP contribution in [0.15, 0.2) is 24.3 Å². The lowest BCUT2D eigenvalue weighted by Gasteiger charge is -2.22. The number of imide groups is 2. The van der Waals surface area contributed by atoms with Gasteiger partial charge in [0.05, 0.1) is 11.1 Å². The van der Waals surface area contributed by atoms with Gasteiger partial charge in [0.15, 0.2) is 6.61 Å². The van der Waals surface area contributed by atoms with Crippen molar-refractivity contribution in [1.82, 2.24) is 15.5 Å². The van der Waals surface area contributed by atoms with E-state index in [-0.39, 0.29) is 17.2 Å². The molecule has 0 unspecified atom stereocenters. The van der Waals surface area contributed by atoms with Gasteiger partial charge in [0.1, 0.15) is 6.04 Å². The van der Waals surface area contributed by atoms with Gasteiger partial charge in [-0.2, -0.15) is 0 Å². The Morgan fingerprint density at radius 1 is 1.07 bits per heavy atom. The summed E-state index contributed by atoms with van der Waals surface area (Å²) in [5.41, 5.74) is 0.434. The third-order valence-corrected chi connectivity index (χ3v) is 5.09. The zero-order valence-electron chi connectivity index (χ0n) is 16.1. The second-order valence-corrected chi connectivity index (χ2v) is 7.17. The van der Waals surface area contributed by atoms with E-state index in [1.165, 1.54) is 19.1 Å². The van der Waals surface area contributed by atoms with Gasteiger partial charge in [-0.05, 0) is 31.9 Å². The second kappa shape index (κ2) is 8.85. The van der Waals surface area contributed by atoms with Crippen LogP contribution in [0.2, 0.25) is 0 Å². The Morgan fingerprint density at radius 3 is 2.24 bits per heavy atom. The van der Waals surface area contributed by atoms with Gasteiger partial charge in [-0.3, -0.25) is 24.6 Å². The molecule has 2 aliphatic rings. The molecule has 1 atom stereocenters. The summed E-state index contributed by atoms with van der Waals surface area (Å²) in [6, 6.07) is 4.46. The molecule has 0 aromatic heterocycles. The van der Waals surface area contributed by atoms with Crippen LogP contribution in [0.25, 0.3) is 0 Å². The van der Waals surface area contributed by atoms with Crippen LogP contribution in [0.5, 0.6) is 0 Å². The van der Waals surface area contributed by atoms with Crippen LogP contribution in [0, 0.1) is 0 Å². The summed E-state index contributed by atoms with van der Waals surface area (Å²) in [4.78, 5) is 61.5. The predicted molar refractivity (Wildman–Crippen MR) is 101 cm³/mol. The largest absolute Gasteiger partial charge is 0.454 e. The average molecular weight is 401 g/mol. The first-order valence-corrected chi connectivity index (χ1v) is 9.62. The minimum Gasteiger partial charge on any atom is -0.454 e. The number of ether oxygens (including phenoxy) is 1. The van der Waals surface area contributed by atoms with Gasteiger partial charge in [-0.15, -0.1) is 0 Å². The number of nitrogens with one attached hydrogen (secondary N) is 2. The van der Waals surface area contributed by atoms with Crippen molar-refractivity contribution in [2.45, 2.75) is 51.1 Å². The van der Waals surface area contributed by atoms with E-state index in [1.54, 1.807) is 12.1 Å². The molecule has 0 spiro atoms. The molecule has 5 amide bonds. The van der Waals surface area contributed by atoms with Crippen molar-refractivity contribution in [1.29, 1.82) is 0 Å². The maximum atomic E-state index is 12.4. The third kappa shape index (κ3) is 4.61. The summed E-state index contributed by atoms with van der Waals surface area (Å²) in [6.45, 7) is 0.655. The summed E-state index contributed by atoms with van der Waals surface area (Å²) >= 11 is 0. The smallest absolute Gasteiger partial charge is 0.329 e. The highest BCUT2D eigenvalue weighted by Gasteiger charge is 2.41. The summed E-state index contributed by atoms with van der Waals surface area (Å²) in [7, 11) is 0. The zero-order valence-corrected chi connectivity index (χ0v) is 16.1. The van der Waals surface area contributed by atoms with Crippen LogP contribution in [0.4, 0.5) is 4.79 Å². The van der Waals surface area contributed by atoms with E-state index in [0.29, 0.717) is 0 Å². The van der Waals surface area contributed by atoms with E-state index < -0.39 is 42.4 Å². The number of urea groups is 1. The van der Waals surface area contributed by atoms with Gasteiger partial charge in [0.2, 0.25) is 0 Å². The molecular formula is C20H23N3O6. The van der Waals surface area contributed by atoms with Crippen molar-refractivity contribution < 1.29 is 28.7 Å². The maximum Gasteiger partial charge on any atom is 0.329 e. The molecule has 29 heavy (non-hydrogen) atoms. The minimum absolute atomic E-state index is 0.0351. The van der Waals surface area contributed by atoms with Gasteiger partial charge in [0, 0.05) is 6.04 Å². The summed E-state index contributed by atoms with van der Waals surface area (Å²) in [6.07, 6.45) is 4.95. The van der Waals surface area contributed by atoms with E-state index in [1.807, 2.05) is 0 Å². The zero-order chi connectivity index (χ0) is 21.0. The van der Waals surface area contributed by atoms with Crippen LogP contribution in [0.1, 0.15) is 59.7 Å². The Morgan fingerprint density at radius 2 is 1.66 bits per heavy atom. The lowest BCUT2D eigenvalue weighted by molar-refractivity contribution is -0.151. The summed E-state index contributed by atoms with van der Waals surface area (Å²) in [5, 5.41) is 4.83. The van der Waals surface area contributed by atoms with Crippen molar-refractivity contribution in [3.63, 3.8) is 0 Å². The van der Waals surface area contributed by atoms with Gasteiger partial charge in [0.25, 0.3) is 17.7 Å². The molecule has 154 valence electrons. The first-order valence-electron chi connectivity index (χ1n) is 9.62. The van der Waals surface area contributed by atoms with Crippen LogP contribution < -0.4 is 10.6 Å². The number of amides is 5. The molecule has 9 heteroatoms. The molecule has 1 aliphatic carbocycles. The molecule has 0 bridgehead atoms. The number of carbonyl (C=O) groups excluding carboxylic acids is 5. The Kier molecular flexibility index (Phi) is 6.26. The quantitative estimate of drug-likeness (QED) is 0.568. The average Bonchev–Trinajstić information content (AvgIpc) is 2.97. The van der Waals surface area contributed by atoms with E-state index in [2.05, 4.69) is 10.6 Å². The molecule has 9 nitrogen and oxygen atoms in total. The van der Waals surface area contributed by atoms with Crippen LogP contribution in [-0.2, 0) is 14.3 Å². The molecule has 1 aliphatic heterocycles. The highest BCUT2D eigenvalue weighted by molar-refractivity contribution is 6.22. The number of hydrogen-bond donors (Lipinski definition) is 2. The van der Waals surface area contributed by atoms with E-state index in [9.17, 15) is 24.0 Å². The number of fused-ring (bicyclic) bond motifs is 1. The van der Waals surface area contributed by atoms with Gasteiger partial charge < -0.3 is 10.1 Å². The van der Waals surface area contributed by atoms with Crippen LogP contribution >= 0.6 is 0 Å². The Labute approximate surface area is 167 Å². The normalized spacial score (nSPS) is 17.5. The molecular weight excluding hydrogens is 378 g/mol. The number of benzene rings is 1. The molecule has 1 heterocycles. The Hall–Kier alpha value is -3.23. The van der Waals surface area contributed by atoms with Gasteiger partial charge in [-0.25, -0.2) is 9.59 Å². The first kappa shape index (κ1) is 20.5. The first-order chi connectivity index (χ1) is 13.9. The number of nitrogens with zero attached hydrogens (tertiary/aromatic N) is 1. The van der Waals surface area contributed by atoms with Crippen molar-refractivity contribution in [3.8, 4) is 0 Å². The molecule has 2 N–H and O–H groups in total. The molecule has 1 aromatic carbocycles. The number of esters is 1. The van der Waals surface area contributed by atoms with E-state index in [0.717, 1.165) is 37.0 Å². The maximum absolute atomic E-state index is 12.4. The standard InChI is InChI=1S/C20H23N3O6/c1-12(23-17(25)14-9-5-6-10-15(14)18(23)26)19(27)29-11-16(24)22-20(28)21-13-7-3-2-4-8-13/h5-6,9-10,12-13H,2-4,7-8,11H2,1H3,(H2,21,22,24,28)/t12-/m1/s1. The highest BCUT2D eigenvalue weighted by Crippen LogP contribution is 2.24. The monoisotopic (exact) mass is 401 g/mol. The lowest BCUT2D eigenvalue weighted by atomic mass is 9.96. The van der Waals surface area contributed by atoms with Crippen LogP contribution in [-0.4, -0.2) is 53.3 Å². The van der Waals surface area contributed by atoms with Gasteiger partial charge >= 0.3 is 12.0 Å². The molecule has 0 radical (unpaired) electrons. The van der Waals surface area contributed by atoms with Gasteiger partial charge in [-0.1, -0.05) is 31.4 Å². The number of carbonyl (C=O) groups is 5. The SMILES string of the molecule is C[C@H](C(=O)OCC(=O)NC(=O)NC1CCCCC1)N1C(=O)c2ccccc2C1=O. The number of hydrogen-bond acceptors (Lipinski definition) is 6. The van der Waals surface area contributed by atoms with Crippen molar-refractivity contribution in [3.05, 3.63) is 35.4 Å². The molecule has 1 fully saturated rings. The second-order valence-electron chi connectivity index (χ2n) is 7.17. The molecule has 3 rings (SSSR count). The van der Waals surface area contributed by atoms with Crippen molar-refractivity contribution in [2.75, 3.05) is 6.61 Å². The fraction of sp³-hybridized carbons (Fsp3) is 0.450. The van der Waals surface area contributed by atoms with Crippen molar-refractivity contribution in [2.24, 2.45) is 0 Å². The third-order valence-electron chi connectivity index (χ3n) is 5.09. The van der Waals surface area contributed by atoms with Crippen LogP contribution in [0.3, 0.4) is 0 Å². The Bertz CT molecular complexity index is 811.